The lowest BCUT2D eigenvalue weighted by atomic mass is 9.44. The smallest absolute Gasteiger partial charge is 0.177 e. The van der Waals surface area contributed by atoms with E-state index in [9.17, 15) is 9.59 Å². The van der Waals surface area contributed by atoms with Crippen LogP contribution in [-0.4, -0.2) is 23.3 Å². The van der Waals surface area contributed by atoms with Gasteiger partial charge in [-0.2, -0.15) is 0 Å². The lowest BCUT2D eigenvalue weighted by molar-refractivity contribution is -0.146. The zero-order valence-corrected chi connectivity index (χ0v) is 14.5. The van der Waals surface area contributed by atoms with Crippen LogP contribution in [0.25, 0.3) is 0 Å². The average molecular weight is 314 g/mol. The van der Waals surface area contributed by atoms with Crippen LogP contribution in [-0.2, 0) is 14.3 Å². The van der Waals surface area contributed by atoms with E-state index >= 15 is 0 Å². The van der Waals surface area contributed by atoms with E-state index in [4.69, 9.17) is 4.74 Å². The first-order chi connectivity index (χ1) is 10.6. The fourth-order valence-corrected chi connectivity index (χ4v) is 5.93. The number of ketones is 2. The topological polar surface area (TPSA) is 46.7 Å². The third-order valence-corrected chi connectivity index (χ3v) is 7.60. The Labute approximate surface area is 138 Å². The number of carbonyl (C=O) groups is 2. The number of hydrogen-bond donors (Lipinski definition) is 0. The average Bonchev–Trinajstić information content (AvgIpc) is 3.22. The van der Waals surface area contributed by atoms with E-state index in [2.05, 4.69) is 33.4 Å². The Kier molecular flexibility index (Phi) is 2.70. The minimum atomic E-state index is -0.632. The molecule has 0 amide bonds. The normalized spacial score (nSPS) is 53.1. The lowest BCUT2D eigenvalue weighted by Crippen LogP contribution is -2.61. The van der Waals surface area contributed by atoms with E-state index in [1.807, 2.05) is 6.92 Å². The number of fused-ring (bicyclic) bond motifs is 2. The van der Waals surface area contributed by atoms with Crippen LogP contribution in [0, 0.1) is 28.1 Å². The minimum absolute atomic E-state index is 0.0174. The molecule has 3 heteroatoms. The zero-order chi connectivity index (χ0) is 16.8. The molecule has 1 aliphatic heterocycles. The van der Waals surface area contributed by atoms with Crippen LogP contribution in [0.5, 0.6) is 0 Å². The van der Waals surface area contributed by atoms with E-state index in [0.717, 1.165) is 19.3 Å². The molecule has 0 aromatic carbocycles. The maximum absolute atomic E-state index is 13.2. The molecule has 1 heterocycles. The van der Waals surface area contributed by atoms with Crippen molar-refractivity contribution in [1.29, 1.82) is 0 Å². The quantitative estimate of drug-likeness (QED) is 0.550. The van der Waals surface area contributed by atoms with E-state index in [0.29, 0.717) is 0 Å². The van der Waals surface area contributed by atoms with Crippen molar-refractivity contribution in [3.8, 4) is 0 Å². The minimum Gasteiger partial charge on any atom is -0.357 e. The molecule has 2 saturated carbocycles. The van der Waals surface area contributed by atoms with Crippen molar-refractivity contribution >= 4 is 11.6 Å². The lowest BCUT2D eigenvalue weighted by Gasteiger charge is -2.56. The number of carbonyl (C=O) groups excluding carboxylic acids is 2. The number of allylic oxidation sites excluding steroid dienone is 3. The molecule has 124 valence electrons. The van der Waals surface area contributed by atoms with Crippen molar-refractivity contribution in [2.45, 2.75) is 58.7 Å². The molecule has 3 aliphatic carbocycles. The van der Waals surface area contributed by atoms with Gasteiger partial charge in [0.1, 0.15) is 0 Å². The van der Waals surface area contributed by atoms with Gasteiger partial charge in [-0.15, -0.1) is 6.58 Å². The summed E-state index contributed by atoms with van der Waals surface area (Å²) in [5.41, 5.74) is -1.64. The monoisotopic (exact) mass is 314 g/mol. The van der Waals surface area contributed by atoms with Crippen LogP contribution in [0.3, 0.4) is 0 Å². The molecule has 4 rings (SSSR count). The molecule has 23 heavy (non-hydrogen) atoms. The first-order valence-corrected chi connectivity index (χ1v) is 8.73. The number of ether oxygens (including phenoxy) is 1. The van der Waals surface area contributed by atoms with Gasteiger partial charge in [0.25, 0.3) is 0 Å². The third kappa shape index (κ3) is 1.55. The second-order valence-electron chi connectivity index (χ2n) is 9.02. The van der Waals surface area contributed by atoms with Crippen molar-refractivity contribution in [3.63, 3.8) is 0 Å². The molecule has 0 aromatic rings. The molecule has 0 bridgehead atoms. The summed E-state index contributed by atoms with van der Waals surface area (Å²) in [4.78, 5) is 25.6. The zero-order valence-electron chi connectivity index (χ0n) is 14.5. The summed E-state index contributed by atoms with van der Waals surface area (Å²) in [6.07, 6.45) is 8.19. The first-order valence-electron chi connectivity index (χ1n) is 8.73. The summed E-state index contributed by atoms with van der Waals surface area (Å²) in [6.45, 7) is 12.2. The summed E-state index contributed by atoms with van der Waals surface area (Å²) in [7, 11) is 0. The predicted molar refractivity (Wildman–Crippen MR) is 87.8 cm³/mol. The summed E-state index contributed by atoms with van der Waals surface area (Å²) in [6, 6.07) is 0. The second kappa shape index (κ2) is 4.05. The molecule has 4 aliphatic rings. The number of rotatable bonds is 1. The van der Waals surface area contributed by atoms with Gasteiger partial charge in [-0.05, 0) is 43.6 Å². The largest absolute Gasteiger partial charge is 0.357 e. The van der Waals surface area contributed by atoms with Gasteiger partial charge in [0.2, 0.25) is 0 Å². The van der Waals surface area contributed by atoms with Gasteiger partial charge in [0, 0.05) is 16.7 Å². The molecular formula is C20H26O3. The Balaban J connectivity index is 1.82. The molecule has 6 atom stereocenters. The Hall–Kier alpha value is -1.22. The summed E-state index contributed by atoms with van der Waals surface area (Å²) < 4.78 is 6.12. The van der Waals surface area contributed by atoms with Crippen LogP contribution in [0.15, 0.2) is 24.8 Å². The molecule has 1 saturated heterocycles. The second-order valence-corrected chi connectivity index (χ2v) is 9.02. The van der Waals surface area contributed by atoms with Gasteiger partial charge in [-0.3, -0.25) is 9.59 Å². The SMILES string of the molecule is C=C[C@@]1(C)CC[C@@H]2[C@@]3(C)C=CC(=O)C(C)(C)[C@@H]3C[C@H]3O[C@@]23C1=O. The number of Topliss-reactive ketones (excluding diaryl/α,β-unsaturated/α-hetero) is 1. The standard InChI is InChI=1S/C20H26O3/c1-6-18(4)9-7-12-19(5)10-8-14(21)17(2,3)13(19)11-15-20(12,23-15)16(18)22/h6,8,10,12-13,15H,1,7,9,11H2,2-5H3/t12-,13+,15-,18+,19-,20+/m1/s1. The molecule has 3 fully saturated rings. The Bertz CT molecular complexity index is 660. The van der Waals surface area contributed by atoms with Crippen LogP contribution >= 0.6 is 0 Å². The van der Waals surface area contributed by atoms with Gasteiger partial charge in [0.05, 0.1) is 6.10 Å². The van der Waals surface area contributed by atoms with Gasteiger partial charge in [-0.1, -0.05) is 32.9 Å². The van der Waals surface area contributed by atoms with Gasteiger partial charge in [0.15, 0.2) is 17.2 Å². The molecule has 3 nitrogen and oxygen atoms in total. The summed E-state index contributed by atoms with van der Waals surface area (Å²) >= 11 is 0. The van der Waals surface area contributed by atoms with E-state index in [1.165, 1.54) is 0 Å². The highest BCUT2D eigenvalue weighted by atomic mass is 16.6. The van der Waals surface area contributed by atoms with Gasteiger partial charge in [-0.25, -0.2) is 0 Å². The summed E-state index contributed by atoms with van der Waals surface area (Å²) in [5, 5.41) is 0. The first kappa shape index (κ1) is 15.3. The van der Waals surface area contributed by atoms with Crippen LogP contribution < -0.4 is 0 Å². The van der Waals surface area contributed by atoms with Crippen molar-refractivity contribution in [2.75, 3.05) is 0 Å². The van der Waals surface area contributed by atoms with Crippen LogP contribution in [0.2, 0.25) is 0 Å². The number of hydrogen-bond acceptors (Lipinski definition) is 3. The molecular weight excluding hydrogens is 288 g/mol. The third-order valence-electron chi connectivity index (χ3n) is 7.60. The van der Waals surface area contributed by atoms with E-state index < -0.39 is 11.0 Å². The van der Waals surface area contributed by atoms with Crippen LogP contribution in [0.4, 0.5) is 0 Å². The predicted octanol–water partition coefficient (Wildman–Crippen LogP) is 3.49. The molecule has 0 aromatic heterocycles. The molecule has 0 unspecified atom stereocenters. The van der Waals surface area contributed by atoms with Crippen molar-refractivity contribution in [1.82, 2.24) is 0 Å². The highest BCUT2D eigenvalue weighted by molar-refractivity contribution is 5.99. The van der Waals surface area contributed by atoms with Crippen molar-refractivity contribution < 1.29 is 14.3 Å². The fraction of sp³-hybridized carbons (Fsp3) is 0.700. The van der Waals surface area contributed by atoms with Gasteiger partial charge >= 0.3 is 0 Å². The highest BCUT2D eigenvalue weighted by Crippen LogP contribution is 2.70. The van der Waals surface area contributed by atoms with E-state index in [-0.39, 0.29) is 40.3 Å². The maximum Gasteiger partial charge on any atom is 0.177 e. The van der Waals surface area contributed by atoms with Crippen molar-refractivity contribution in [3.05, 3.63) is 24.8 Å². The maximum atomic E-state index is 13.2. The molecule has 0 radical (unpaired) electrons. The van der Waals surface area contributed by atoms with Crippen molar-refractivity contribution in [2.24, 2.45) is 28.1 Å². The Morgan fingerprint density at radius 1 is 1.22 bits per heavy atom. The van der Waals surface area contributed by atoms with Gasteiger partial charge < -0.3 is 4.74 Å². The Morgan fingerprint density at radius 2 is 1.91 bits per heavy atom. The van der Waals surface area contributed by atoms with E-state index in [1.54, 1.807) is 12.2 Å². The molecule has 1 spiro atoms. The summed E-state index contributed by atoms with van der Waals surface area (Å²) in [5.74, 6) is 0.817. The number of epoxide rings is 1. The fourth-order valence-electron chi connectivity index (χ4n) is 5.93. The molecule has 0 N–H and O–H groups in total. The Morgan fingerprint density at radius 3 is 2.57 bits per heavy atom. The highest BCUT2D eigenvalue weighted by Gasteiger charge is 2.78. The van der Waals surface area contributed by atoms with Crippen LogP contribution in [0.1, 0.15) is 47.0 Å².